The van der Waals surface area contributed by atoms with Gasteiger partial charge in [-0.3, -0.25) is 9.59 Å². The number of amides is 1. The first-order valence-electron chi connectivity index (χ1n) is 10.5. The Morgan fingerprint density at radius 3 is 2.34 bits per heavy atom. The van der Waals surface area contributed by atoms with Gasteiger partial charge >= 0.3 is 6.18 Å². The van der Waals surface area contributed by atoms with Crippen LogP contribution in [0.25, 0.3) is 11.3 Å². The summed E-state index contributed by atoms with van der Waals surface area (Å²) in [5, 5.41) is 4.19. The van der Waals surface area contributed by atoms with Crippen LogP contribution in [0.1, 0.15) is 40.7 Å². The van der Waals surface area contributed by atoms with E-state index in [1.165, 1.54) is 0 Å². The molecule has 0 radical (unpaired) electrons. The van der Waals surface area contributed by atoms with Crippen LogP contribution in [0.3, 0.4) is 0 Å². The predicted molar refractivity (Wildman–Crippen MR) is 114 cm³/mol. The molecule has 1 fully saturated rings. The number of carbonyl (C=O) groups is 1. The zero-order valence-corrected chi connectivity index (χ0v) is 17.3. The molecule has 32 heavy (non-hydrogen) atoms. The quantitative estimate of drug-likeness (QED) is 0.595. The lowest BCUT2D eigenvalue weighted by Gasteiger charge is -2.26. The standard InChI is InChI=1S/C24H22F3N3O2/c25-24(26,27)20-15-21(18-9-3-1-4-10-18)28-30(23(20)32)16-17-8-7-11-19(14-17)22(31)29-12-5-2-6-13-29/h1,3-4,7-11,14-15H,2,5-6,12-13,16H2. The molecule has 1 amide bonds. The van der Waals surface area contributed by atoms with Gasteiger partial charge in [0.25, 0.3) is 11.5 Å². The van der Waals surface area contributed by atoms with Gasteiger partial charge in [-0.15, -0.1) is 0 Å². The molecule has 0 unspecified atom stereocenters. The number of carbonyl (C=O) groups excluding carboxylic acids is 1. The van der Waals surface area contributed by atoms with E-state index in [2.05, 4.69) is 5.10 Å². The van der Waals surface area contributed by atoms with Gasteiger partial charge in [0.05, 0.1) is 12.2 Å². The summed E-state index contributed by atoms with van der Waals surface area (Å²) in [5.74, 6) is -0.110. The van der Waals surface area contributed by atoms with Crippen molar-refractivity contribution in [3.8, 4) is 11.3 Å². The second-order valence-electron chi connectivity index (χ2n) is 7.82. The molecular formula is C24H22F3N3O2. The lowest BCUT2D eigenvalue weighted by atomic mass is 10.1. The van der Waals surface area contributed by atoms with Crippen molar-refractivity contribution in [2.45, 2.75) is 32.0 Å². The summed E-state index contributed by atoms with van der Waals surface area (Å²) in [6.07, 6.45) is -1.80. The van der Waals surface area contributed by atoms with Crippen molar-refractivity contribution in [3.63, 3.8) is 0 Å². The Balaban J connectivity index is 1.70. The molecule has 2 heterocycles. The van der Waals surface area contributed by atoms with Gasteiger partial charge in [-0.1, -0.05) is 42.5 Å². The van der Waals surface area contributed by atoms with E-state index in [9.17, 15) is 22.8 Å². The Labute approximate surface area is 183 Å². The van der Waals surface area contributed by atoms with Gasteiger partial charge in [-0.05, 0) is 43.0 Å². The first-order valence-corrected chi connectivity index (χ1v) is 10.5. The van der Waals surface area contributed by atoms with Crippen molar-refractivity contribution in [2.24, 2.45) is 0 Å². The molecule has 0 N–H and O–H groups in total. The maximum atomic E-state index is 13.5. The molecular weight excluding hydrogens is 419 g/mol. The highest BCUT2D eigenvalue weighted by molar-refractivity contribution is 5.94. The number of likely N-dealkylation sites (tertiary alicyclic amines) is 1. The molecule has 8 heteroatoms. The van der Waals surface area contributed by atoms with Gasteiger partial charge in [0.15, 0.2) is 0 Å². The van der Waals surface area contributed by atoms with Crippen LogP contribution in [0.5, 0.6) is 0 Å². The summed E-state index contributed by atoms with van der Waals surface area (Å²) < 4.78 is 41.5. The second-order valence-corrected chi connectivity index (χ2v) is 7.82. The lowest BCUT2D eigenvalue weighted by molar-refractivity contribution is -0.139. The van der Waals surface area contributed by atoms with Gasteiger partial charge in [0.1, 0.15) is 5.56 Å². The second kappa shape index (κ2) is 8.98. The largest absolute Gasteiger partial charge is 0.421 e. The van der Waals surface area contributed by atoms with Crippen LogP contribution in [0, 0.1) is 0 Å². The molecule has 0 bridgehead atoms. The molecule has 1 saturated heterocycles. The van der Waals surface area contributed by atoms with Crippen LogP contribution >= 0.6 is 0 Å². The fraction of sp³-hybridized carbons (Fsp3) is 0.292. The summed E-state index contributed by atoms with van der Waals surface area (Å²) in [6, 6.07) is 15.8. The summed E-state index contributed by atoms with van der Waals surface area (Å²) >= 11 is 0. The molecule has 3 aromatic rings. The highest BCUT2D eigenvalue weighted by atomic mass is 19.4. The minimum absolute atomic E-state index is 0.0538. The molecule has 0 spiro atoms. The van der Waals surface area contributed by atoms with E-state index in [4.69, 9.17) is 0 Å². The van der Waals surface area contributed by atoms with Gasteiger partial charge < -0.3 is 4.90 Å². The molecule has 1 aliphatic rings. The maximum absolute atomic E-state index is 13.5. The Bertz CT molecular complexity index is 1170. The monoisotopic (exact) mass is 441 g/mol. The summed E-state index contributed by atoms with van der Waals surface area (Å²) in [4.78, 5) is 27.1. The lowest BCUT2D eigenvalue weighted by Crippen LogP contribution is -2.35. The molecule has 5 nitrogen and oxygen atoms in total. The number of hydrogen-bond acceptors (Lipinski definition) is 3. The van der Waals surface area contributed by atoms with Crippen LogP contribution in [0.15, 0.2) is 65.5 Å². The summed E-state index contributed by atoms with van der Waals surface area (Å²) in [5.41, 5.74) is -0.982. The number of aromatic nitrogens is 2. The van der Waals surface area contributed by atoms with E-state index in [-0.39, 0.29) is 18.1 Å². The number of hydrogen-bond donors (Lipinski definition) is 0. The average Bonchev–Trinajstić information content (AvgIpc) is 2.80. The number of alkyl halides is 3. The molecule has 2 aromatic carbocycles. The van der Waals surface area contributed by atoms with Gasteiger partial charge in [-0.25, -0.2) is 4.68 Å². The minimum atomic E-state index is -4.81. The predicted octanol–water partition coefficient (Wildman–Crippen LogP) is 4.60. The zero-order valence-electron chi connectivity index (χ0n) is 17.3. The van der Waals surface area contributed by atoms with Crippen LogP contribution in [0.4, 0.5) is 13.2 Å². The third kappa shape index (κ3) is 4.74. The fourth-order valence-electron chi connectivity index (χ4n) is 3.86. The molecule has 166 valence electrons. The van der Waals surface area contributed by atoms with Crippen molar-refractivity contribution in [3.05, 3.63) is 87.7 Å². The van der Waals surface area contributed by atoms with Crippen LogP contribution < -0.4 is 5.56 Å². The highest BCUT2D eigenvalue weighted by Crippen LogP contribution is 2.29. The smallest absolute Gasteiger partial charge is 0.339 e. The molecule has 0 saturated carbocycles. The van der Waals surface area contributed by atoms with Crippen molar-refractivity contribution in [2.75, 3.05) is 13.1 Å². The van der Waals surface area contributed by atoms with E-state index in [0.717, 1.165) is 30.0 Å². The normalized spacial score (nSPS) is 14.4. The summed E-state index contributed by atoms with van der Waals surface area (Å²) in [6.45, 7) is 1.21. The number of halogens is 3. The molecule has 1 aliphatic heterocycles. The molecule has 4 rings (SSSR count). The van der Waals surface area contributed by atoms with Gasteiger partial charge in [0, 0.05) is 24.2 Å². The topological polar surface area (TPSA) is 55.2 Å². The van der Waals surface area contributed by atoms with E-state index in [1.807, 2.05) is 0 Å². The van der Waals surface area contributed by atoms with E-state index >= 15 is 0 Å². The van der Waals surface area contributed by atoms with Gasteiger partial charge in [0.2, 0.25) is 0 Å². The number of benzene rings is 2. The first kappa shape index (κ1) is 21.8. The first-order chi connectivity index (χ1) is 15.3. The third-order valence-electron chi connectivity index (χ3n) is 5.50. The van der Waals surface area contributed by atoms with Crippen molar-refractivity contribution in [1.82, 2.24) is 14.7 Å². The number of nitrogens with zero attached hydrogens (tertiary/aromatic N) is 3. The van der Waals surface area contributed by atoms with E-state index < -0.39 is 17.3 Å². The molecule has 0 atom stereocenters. The molecule has 0 aliphatic carbocycles. The fourth-order valence-corrected chi connectivity index (χ4v) is 3.86. The Morgan fingerprint density at radius 2 is 1.66 bits per heavy atom. The minimum Gasteiger partial charge on any atom is -0.339 e. The Kier molecular flexibility index (Phi) is 6.12. The van der Waals surface area contributed by atoms with Crippen molar-refractivity contribution < 1.29 is 18.0 Å². The third-order valence-corrected chi connectivity index (χ3v) is 5.50. The van der Waals surface area contributed by atoms with Crippen LogP contribution in [0.2, 0.25) is 0 Å². The number of piperidine rings is 1. The van der Waals surface area contributed by atoms with Crippen LogP contribution in [-0.2, 0) is 12.7 Å². The Morgan fingerprint density at radius 1 is 0.938 bits per heavy atom. The van der Waals surface area contributed by atoms with Crippen molar-refractivity contribution in [1.29, 1.82) is 0 Å². The SMILES string of the molecule is O=C(c1cccc(Cn2nc(-c3ccccc3)cc(C(F)(F)F)c2=O)c1)N1CCCCC1. The van der Waals surface area contributed by atoms with E-state index in [1.54, 1.807) is 59.5 Å². The van der Waals surface area contributed by atoms with Crippen molar-refractivity contribution >= 4 is 5.91 Å². The van der Waals surface area contributed by atoms with Gasteiger partial charge in [-0.2, -0.15) is 18.3 Å². The molecule has 1 aromatic heterocycles. The maximum Gasteiger partial charge on any atom is 0.421 e. The average molecular weight is 441 g/mol. The number of rotatable bonds is 4. The highest BCUT2D eigenvalue weighted by Gasteiger charge is 2.35. The van der Waals surface area contributed by atoms with E-state index in [0.29, 0.717) is 29.8 Å². The zero-order chi connectivity index (χ0) is 22.7. The van der Waals surface area contributed by atoms with Crippen LogP contribution in [-0.4, -0.2) is 33.7 Å². The summed E-state index contributed by atoms with van der Waals surface area (Å²) in [7, 11) is 0. The Hall–Kier alpha value is -3.42.